The molecular formula is C14H23N5O2. The standard InChI is InChI=1S/C14H23N5O2/c1-5-16-12-9(2)13(18-10(3)17-12)19-6-7-21-8-11(19)14(20)15-4/h11H,5-8H2,1-4H3,(H,15,20)(H,16,17,18). The van der Waals surface area contributed by atoms with Gasteiger partial charge < -0.3 is 20.3 Å². The van der Waals surface area contributed by atoms with Crippen LogP contribution in [0.3, 0.4) is 0 Å². The molecule has 116 valence electrons. The molecule has 2 N–H and O–H groups in total. The number of nitrogens with zero attached hydrogens (tertiary/aromatic N) is 3. The average molecular weight is 293 g/mol. The van der Waals surface area contributed by atoms with Gasteiger partial charge >= 0.3 is 0 Å². The number of likely N-dealkylation sites (N-methyl/N-ethyl adjacent to an activating group) is 1. The number of ether oxygens (including phenoxy) is 1. The highest BCUT2D eigenvalue weighted by molar-refractivity contribution is 5.85. The molecule has 7 nitrogen and oxygen atoms in total. The van der Waals surface area contributed by atoms with Gasteiger partial charge in [-0.15, -0.1) is 0 Å². The van der Waals surface area contributed by atoms with E-state index in [0.717, 1.165) is 23.7 Å². The van der Waals surface area contributed by atoms with E-state index in [2.05, 4.69) is 20.6 Å². The summed E-state index contributed by atoms with van der Waals surface area (Å²) in [4.78, 5) is 23.0. The minimum absolute atomic E-state index is 0.0598. The van der Waals surface area contributed by atoms with E-state index in [9.17, 15) is 4.79 Å². The van der Waals surface area contributed by atoms with Crippen molar-refractivity contribution >= 4 is 17.5 Å². The highest BCUT2D eigenvalue weighted by atomic mass is 16.5. The molecule has 2 heterocycles. The van der Waals surface area contributed by atoms with Crippen LogP contribution in [-0.2, 0) is 9.53 Å². The van der Waals surface area contributed by atoms with Gasteiger partial charge in [0.05, 0.1) is 13.2 Å². The van der Waals surface area contributed by atoms with E-state index in [4.69, 9.17) is 4.74 Å². The number of carbonyl (C=O) groups is 1. The van der Waals surface area contributed by atoms with Gasteiger partial charge in [0.25, 0.3) is 0 Å². The van der Waals surface area contributed by atoms with Crippen molar-refractivity contribution in [2.75, 3.05) is 43.6 Å². The maximum atomic E-state index is 12.1. The second-order valence-corrected chi connectivity index (χ2v) is 5.00. The Labute approximate surface area is 125 Å². The molecule has 1 aromatic rings. The second-order valence-electron chi connectivity index (χ2n) is 5.00. The number of nitrogens with one attached hydrogen (secondary N) is 2. The summed E-state index contributed by atoms with van der Waals surface area (Å²) in [5.41, 5.74) is 0.957. The number of rotatable bonds is 4. The topological polar surface area (TPSA) is 79.4 Å². The Bertz CT molecular complexity index is 520. The van der Waals surface area contributed by atoms with Gasteiger partial charge in [-0.2, -0.15) is 0 Å². The van der Waals surface area contributed by atoms with Crippen molar-refractivity contribution in [1.29, 1.82) is 0 Å². The van der Waals surface area contributed by atoms with E-state index in [1.54, 1.807) is 7.05 Å². The van der Waals surface area contributed by atoms with Crippen molar-refractivity contribution in [3.05, 3.63) is 11.4 Å². The van der Waals surface area contributed by atoms with Crippen LogP contribution in [0.15, 0.2) is 0 Å². The maximum Gasteiger partial charge on any atom is 0.244 e. The lowest BCUT2D eigenvalue weighted by Gasteiger charge is -2.36. The molecule has 0 bridgehead atoms. The Morgan fingerprint density at radius 1 is 1.43 bits per heavy atom. The summed E-state index contributed by atoms with van der Waals surface area (Å²) < 4.78 is 5.44. The van der Waals surface area contributed by atoms with Crippen molar-refractivity contribution < 1.29 is 9.53 Å². The van der Waals surface area contributed by atoms with Crippen molar-refractivity contribution in [1.82, 2.24) is 15.3 Å². The van der Waals surface area contributed by atoms with E-state index >= 15 is 0 Å². The molecule has 1 amide bonds. The monoisotopic (exact) mass is 293 g/mol. The number of morpholine rings is 1. The fraction of sp³-hybridized carbons (Fsp3) is 0.643. The maximum absolute atomic E-state index is 12.1. The van der Waals surface area contributed by atoms with Gasteiger partial charge in [0, 0.05) is 25.7 Å². The summed E-state index contributed by atoms with van der Waals surface area (Å²) in [6.07, 6.45) is 0. The number of anilines is 2. The lowest BCUT2D eigenvalue weighted by Crippen LogP contribution is -2.54. The first-order valence-corrected chi connectivity index (χ1v) is 7.23. The smallest absolute Gasteiger partial charge is 0.244 e. The van der Waals surface area contributed by atoms with Crippen LogP contribution < -0.4 is 15.5 Å². The molecule has 0 aromatic carbocycles. The lowest BCUT2D eigenvalue weighted by molar-refractivity contribution is -0.124. The van der Waals surface area contributed by atoms with E-state index in [1.807, 2.05) is 25.7 Å². The molecule has 1 atom stereocenters. The first kappa shape index (κ1) is 15.5. The SMILES string of the molecule is CCNc1nc(C)nc(N2CCOCC2C(=O)NC)c1C. The Kier molecular flexibility index (Phi) is 4.95. The van der Waals surface area contributed by atoms with Crippen LogP contribution in [0.4, 0.5) is 11.6 Å². The first-order valence-electron chi connectivity index (χ1n) is 7.23. The predicted molar refractivity (Wildman–Crippen MR) is 81.7 cm³/mol. The normalized spacial score (nSPS) is 18.5. The van der Waals surface area contributed by atoms with E-state index in [1.165, 1.54) is 0 Å². The van der Waals surface area contributed by atoms with Crippen LogP contribution in [-0.4, -0.2) is 55.3 Å². The third-order valence-electron chi connectivity index (χ3n) is 3.53. The van der Waals surface area contributed by atoms with Crippen molar-refractivity contribution in [2.45, 2.75) is 26.8 Å². The van der Waals surface area contributed by atoms with Crippen LogP contribution in [0.25, 0.3) is 0 Å². The third kappa shape index (κ3) is 3.24. The summed E-state index contributed by atoms with van der Waals surface area (Å²) >= 11 is 0. The zero-order chi connectivity index (χ0) is 15.4. The summed E-state index contributed by atoms with van der Waals surface area (Å²) in [5, 5.41) is 5.93. The zero-order valence-electron chi connectivity index (χ0n) is 13.1. The number of hydrogen-bond donors (Lipinski definition) is 2. The highest BCUT2D eigenvalue weighted by Gasteiger charge is 2.31. The molecule has 7 heteroatoms. The molecule has 0 aliphatic carbocycles. The number of aromatic nitrogens is 2. The molecule has 1 aliphatic rings. The van der Waals surface area contributed by atoms with Crippen LogP contribution >= 0.6 is 0 Å². The molecule has 0 radical (unpaired) electrons. The molecule has 0 saturated carbocycles. The Hall–Kier alpha value is -1.89. The molecule has 1 aliphatic heterocycles. The van der Waals surface area contributed by atoms with Gasteiger partial charge in [-0.1, -0.05) is 0 Å². The molecule has 0 spiro atoms. The largest absolute Gasteiger partial charge is 0.377 e. The van der Waals surface area contributed by atoms with Gasteiger partial charge in [-0.3, -0.25) is 4.79 Å². The number of carbonyl (C=O) groups excluding carboxylic acids is 1. The summed E-state index contributed by atoms with van der Waals surface area (Å²) in [5.74, 6) is 2.25. The molecule has 21 heavy (non-hydrogen) atoms. The number of aryl methyl sites for hydroxylation is 1. The predicted octanol–water partition coefficient (Wildman–Crippen LogP) is 0.476. The highest BCUT2D eigenvalue weighted by Crippen LogP contribution is 2.26. The minimum atomic E-state index is -0.355. The molecule has 1 saturated heterocycles. The number of amides is 1. The second kappa shape index (κ2) is 6.71. The fourth-order valence-corrected chi connectivity index (χ4v) is 2.47. The fourth-order valence-electron chi connectivity index (χ4n) is 2.47. The first-order chi connectivity index (χ1) is 10.1. The van der Waals surface area contributed by atoms with Gasteiger partial charge in [0.1, 0.15) is 23.5 Å². The van der Waals surface area contributed by atoms with E-state index in [-0.39, 0.29) is 11.9 Å². The average Bonchev–Trinajstić information content (AvgIpc) is 2.50. The van der Waals surface area contributed by atoms with Gasteiger partial charge in [0.2, 0.25) is 5.91 Å². The number of hydrogen-bond acceptors (Lipinski definition) is 6. The van der Waals surface area contributed by atoms with Crippen molar-refractivity contribution in [3.63, 3.8) is 0 Å². The summed E-state index contributed by atoms with van der Waals surface area (Å²) in [6, 6.07) is -0.355. The Balaban J connectivity index is 2.40. The minimum Gasteiger partial charge on any atom is -0.377 e. The van der Waals surface area contributed by atoms with Crippen LogP contribution in [0, 0.1) is 13.8 Å². The molecule has 1 unspecified atom stereocenters. The van der Waals surface area contributed by atoms with Crippen molar-refractivity contribution in [3.8, 4) is 0 Å². The zero-order valence-corrected chi connectivity index (χ0v) is 13.1. The van der Waals surface area contributed by atoms with Gasteiger partial charge in [-0.25, -0.2) is 9.97 Å². The molecule has 1 aromatic heterocycles. The lowest BCUT2D eigenvalue weighted by atomic mass is 10.1. The Morgan fingerprint density at radius 3 is 2.86 bits per heavy atom. The summed E-state index contributed by atoms with van der Waals surface area (Å²) in [7, 11) is 1.64. The van der Waals surface area contributed by atoms with Crippen molar-refractivity contribution in [2.24, 2.45) is 0 Å². The van der Waals surface area contributed by atoms with E-state index < -0.39 is 0 Å². The van der Waals surface area contributed by atoms with Crippen LogP contribution in [0.2, 0.25) is 0 Å². The Morgan fingerprint density at radius 2 is 2.19 bits per heavy atom. The van der Waals surface area contributed by atoms with Crippen LogP contribution in [0.5, 0.6) is 0 Å². The molecular weight excluding hydrogens is 270 g/mol. The quantitative estimate of drug-likeness (QED) is 0.840. The molecule has 1 fully saturated rings. The third-order valence-corrected chi connectivity index (χ3v) is 3.53. The van der Waals surface area contributed by atoms with Gasteiger partial charge in [0.15, 0.2) is 0 Å². The summed E-state index contributed by atoms with van der Waals surface area (Å²) in [6.45, 7) is 8.26. The van der Waals surface area contributed by atoms with E-state index in [0.29, 0.717) is 25.6 Å². The van der Waals surface area contributed by atoms with Gasteiger partial charge in [-0.05, 0) is 20.8 Å². The molecule has 2 rings (SSSR count). The van der Waals surface area contributed by atoms with Crippen LogP contribution in [0.1, 0.15) is 18.3 Å².